The molecule has 0 saturated heterocycles. The molecule has 96 valence electrons. The SMILES string of the molecule is CC[C@H](CO)NS(=O)(=O)c1ccc(C)c(C)c1. The first-order valence-corrected chi connectivity index (χ1v) is 7.09. The van der Waals surface area contributed by atoms with E-state index in [4.69, 9.17) is 5.11 Å². The maximum atomic E-state index is 12.0. The molecule has 0 amide bonds. The molecule has 0 saturated carbocycles. The number of hydrogen-bond acceptors (Lipinski definition) is 3. The lowest BCUT2D eigenvalue weighted by atomic mass is 10.1. The van der Waals surface area contributed by atoms with Gasteiger partial charge in [-0.05, 0) is 43.5 Å². The summed E-state index contributed by atoms with van der Waals surface area (Å²) in [7, 11) is -3.53. The molecule has 1 aromatic carbocycles. The Balaban J connectivity index is 3.01. The second-order valence-electron chi connectivity index (χ2n) is 4.16. The van der Waals surface area contributed by atoms with Gasteiger partial charge in [-0.15, -0.1) is 0 Å². The molecule has 0 bridgehead atoms. The Bertz CT molecular complexity index is 479. The van der Waals surface area contributed by atoms with Crippen LogP contribution in [0, 0.1) is 13.8 Å². The maximum absolute atomic E-state index is 12.0. The van der Waals surface area contributed by atoms with Gasteiger partial charge in [-0.3, -0.25) is 0 Å². The fraction of sp³-hybridized carbons (Fsp3) is 0.500. The number of sulfonamides is 1. The molecule has 1 atom stereocenters. The van der Waals surface area contributed by atoms with Gasteiger partial charge in [-0.1, -0.05) is 13.0 Å². The molecule has 0 spiro atoms. The second kappa shape index (κ2) is 5.62. The Hall–Kier alpha value is -0.910. The van der Waals surface area contributed by atoms with Crippen LogP contribution in [0.2, 0.25) is 0 Å². The average Bonchev–Trinajstić information content (AvgIpc) is 2.29. The number of aryl methyl sites for hydroxylation is 2. The predicted molar refractivity (Wildman–Crippen MR) is 67.4 cm³/mol. The summed E-state index contributed by atoms with van der Waals surface area (Å²) in [5.41, 5.74) is 1.99. The van der Waals surface area contributed by atoms with Crippen molar-refractivity contribution in [2.24, 2.45) is 0 Å². The number of nitrogens with one attached hydrogen (secondary N) is 1. The van der Waals surface area contributed by atoms with Crippen LogP contribution in [0.25, 0.3) is 0 Å². The molecule has 0 fully saturated rings. The average molecular weight is 257 g/mol. The van der Waals surface area contributed by atoms with Gasteiger partial charge in [0.1, 0.15) is 0 Å². The van der Waals surface area contributed by atoms with Crippen molar-refractivity contribution in [3.8, 4) is 0 Å². The summed E-state index contributed by atoms with van der Waals surface area (Å²) in [5.74, 6) is 0. The molecule has 17 heavy (non-hydrogen) atoms. The van der Waals surface area contributed by atoms with E-state index in [1.54, 1.807) is 18.2 Å². The topological polar surface area (TPSA) is 66.4 Å². The van der Waals surface area contributed by atoms with Gasteiger partial charge in [0.15, 0.2) is 0 Å². The van der Waals surface area contributed by atoms with Gasteiger partial charge in [0, 0.05) is 6.04 Å². The van der Waals surface area contributed by atoms with Crippen LogP contribution in [0.4, 0.5) is 0 Å². The van der Waals surface area contributed by atoms with Crippen molar-refractivity contribution in [2.45, 2.75) is 38.1 Å². The van der Waals surface area contributed by atoms with Crippen molar-refractivity contribution in [2.75, 3.05) is 6.61 Å². The van der Waals surface area contributed by atoms with Crippen molar-refractivity contribution in [3.63, 3.8) is 0 Å². The fourth-order valence-corrected chi connectivity index (χ4v) is 2.81. The largest absolute Gasteiger partial charge is 0.395 e. The van der Waals surface area contributed by atoms with E-state index >= 15 is 0 Å². The lowest BCUT2D eigenvalue weighted by Crippen LogP contribution is -2.36. The predicted octanol–water partition coefficient (Wildman–Crippen LogP) is 1.35. The molecular formula is C12H19NO3S. The minimum Gasteiger partial charge on any atom is -0.395 e. The lowest BCUT2D eigenvalue weighted by Gasteiger charge is -2.15. The highest BCUT2D eigenvalue weighted by Crippen LogP contribution is 2.15. The minimum atomic E-state index is -3.53. The first kappa shape index (κ1) is 14.2. The number of aliphatic hydroxyl groups is 1. The molecule has 2 N–H and O–H groups in total. The van der Waals surface area contributed by atoms with Crippen molar-refractivity contribution in [1.82, 2.24) is 4.72 Å². The summed E-state index contributed by atoms with van der Waals surface area (Å²) < 4.78 is 26.5. The molecule has 1 rings (SSSR count). The smallest absolute Gasteiger partial charge is 0.240 e. The van der Waals surface area contributed by atoms with Gasteiger partial charge in [0.25, 0.3) is 0 Å². The van der Waals surface area contributed by atoms with E-state index in [0.29, 0.717) is 6.42 Å². The fourth-order valence-electron chi connectivity index (χ4n) is 1.42. The van der Waals surface area contributed by atoms with Crippen LogP contribution in [-0.4, -0.2) is 26.2 Å². The van der Waals surface area contributed by atoms with Crippen LogP contribution in [0.1, 0.15) is 24.5 Å². The molecule has 5 heteroatoms. The summed E-state index contributed by atoms with van der Waals surface area (Å²) in [5, 5.41) is 9.01. The highest BCUT2D eigenvalue weighted by molar-refractivity contribution is 7.89. The molecule has 0 unspecified atom stereocenters. The molecule has 0 radical (unpaired) electrons. The lowest BCUT2D eigenvalue weighted by molar-refractivity contribution is 0.254. The quantitative estimate of drug-likeness (QED) is 0.837. The highest BCUT2D eigenvalue weighted by atomic mass is 32.2. The maximum Gasteiger partial charge on any atom is 0.240 e. The van der Waals surface area contributed by atoms with Crippen molar-refractivity contribution < 1.29 is 13.5 Å². The molecule has 4 nitrogen and oxygen atoms in total. The van der Waals surface area contributed by atoms with Crippen LogP contribution in [0.5, 0.6) is 0 Å². The molecular weight excluding hydrogens is 238 g/mol. The Morgan fingerprint density at radius 3 is 2.41 bits per heavy atom. The Labute approximate surface area is 103 Å². The van der Waals surface area contributed by atoms with Gasteiger partial charge < -0.3 is 5.11 Å². The zero-order valence-electron chi connectivity index (χ0n) is 10.4. The number of aliphatic hydroxyl groups excluding tert-OH is 1. The Morgan fingerprint density at radius 1 is 1.29 bits per heavy atom. The number of hydrogen-bond donors (Lipinski definition) is 2. The summed E-state index contributed by atoms with van der Waals surface area (Å²) >= 11 is 0. The standard InChI is InChI=1S/C12H19NO3S/c1-4-11(8-14)13-17(15,16)12-6-5-9(2)10(3)7-12/h5-7,11,13-14H,4,8H2,1-3H3/t11-/m1/s1. The number of benzene rings is 1. The Morgan fingerprint density at radius 2 is 1.94 bits per heavy atom. The van der Waals surface area contributed by atoms with Crippen LogP contribution in [0.3, 0.4) is 0 Å². The van der Waals surface area contributed by atoms with Gasteiger partial charge >= 0.3 is 0 Å². The zero-order chi connectivity index (χ0) is 13.1. The molecule has 0 heterocycles. The van der Waals surface area contributed by atoms with Crippen molar-refractivity contribution in [3.05, 3.63) is 29.3 Å². The minimum absolute atomic E-state index is 0.194. The first-order chi connectivity index (χ1) is 7.90. The van der Waals surface area contributed by atoms with Crippen LogP contribution in [-0.2, 0) is 10.0 Å². The molecule has 1 aromatic rings. The third-order valence-corrected chi connectivity index (χ3v) is 4.34. The van der Waals surface area contributed by atoms with Gasteiger partial charge in [-0.25, -0.2) is 13.1 Å². The van der Waals surface area contributed by atoms with E-state index in [1.807, 2.05) is 20.8 Å². The molecule has 0 aromatic heterocycles. The van der Waals surface area contributed by atoms with Crippen LogP contribution in [0.15, 0.2) is 23.1 Å². The van der Waals surface area contributed by atoms with Gasteiger partial charge in [0.2, 0.25) is 10.0 Å². The first-order valence-electron chi connectivity index (χ1n) is 5.61. The summed E-state index contributed by atoms with van der Waals surface area (Å²) in [6.07, 6.45) is 0.556. The second-order valence-corrected chi connectivity index (χ2v) is 5.87. The Kier molecular flexibility index (Phi) is 4.68. The molecule has 0 aliphatic rings. The van der Waals surface area contributed by atoms with E-state index in [0.717, 1.165) is 11.1 Å². The van der Waals surface area contributed by atoms with Crippen molar-refractivity contribution >= 4 is 10.0 Å². The number of rotatable bonds is 5. The van der Waals surface area contributed by atoms with Crippen LogP contribution < -0.4 is 4.72 Å². The van der Waals surface area contributed by atoms with E-state index < -0.39 is 16.1 Å². The van der Waals surface area contributed by atoms with Crippen molar-refractivity contribution in [1.29, 1.82) is 0 Å². The van der Waals surface area contributed by atoms with Gasteiger partial charge in [-0.2, -0.15) is 0 Å². The normalized spacial score (nSPS) is 13.6. The van der Waals surface area contributed by atoms with E-state index in [2.05, 4.69) is 4.72 Å². The monoisotopic (exact) mass is 257 g/mol. The molecule has 0 aliphatic heterocycles. The third-order valence-electron chi connectivity index (χ3n) is 2.82. The summed E-state index contributed by atoms with van der Waals surface area (Å²) in [6, 6.07) is 4.57. The third kappa shape index (κ3) is 3.52. The highest BCUT2D eigenvalue weighted by Gasteiger charge is 2.18. The van der Waals surface area contributed by atoms with E-state index in [-0.39, 0.29) is 11.5 Å². The van der Waals surface area contributed by atoms with E-state index in [1.165, 1.54) is 0 Å². The summed E-state index contributed by atoms with van der Waals surface area (Å²) in [6.45, 7) is 5.43. The van der Waals surface area contributed by atoms with Crippen LogP contribution >= 0.6 is 0 Å². The summed E-state index contributed by atoms with van der Waals surface area (Å²) in [4.78, 5) is 0.243. The zero-order valence-corrected chi connectivity index (χ0v) is 11.2. The van der Waals surface area contributed by atoms with E-state index in [9.17, 15) is 8.42 Å². The van der Waals surface area contributed by atoms with Gasteiger partial charge in [0.05, 0.1) is 11.5 Å². The molecule has 0 aliphatic carbocycles.